The van der Waals surface area contributed by atoms with Gasteiger partial charge in [0.15, 0.2) is 0 Å². The van der Waals surface area contributed by atoms with Crippen molar-refractivity contribution in [3.63, 3.8) is 0 Å². The summed E-state index contributed by atoms with van der Waals surface area (Å²) in [4.78, 5) is 12.5. The van der Waals surface area contributed by atoms with Crippen molar-refractivity contribution in [1.82, 2.24) is 15.0 Å². The monoisotopic (exact) mass is 250 g/mol. The molecule has 0 atom stereocenters. The van der Waals surface area contributed by atoms with Crippen LogP contribution in [-0.2, 0) is 5.54 Å². The lowest BCUT2D eigenvalue weighted by Crippen LogP contribution is -2.28. The number of aromatic nitrogens is 3. The van der Waals surface area contributed by atoms with E-state index >= 15 is 0 Å². The van der Waals surface area contributed by atoms with E-state index in [1.807, 2.05) is 19.2 Å². The maximum absolute atomic E-state index is 5.26. The summed E-state index contributed by atoms with van der Waals surface area (Å²) in [5, 5.41) is 6.25. The highest BCUT2D eigenvalue weighted by Gasteiger charge is 2.23. The summed E-state index contributed by atoms with van der Waals surface area (Å²) in [5.74, 6) is 6.35. The van der Waals surface area contributed by atoms with Crippen molar-refractivity contribution in [3.8, 4) is 0 Å². The Morgan fingerprint density at radius 1 is 1.29 bits per heavy atom. The normalized spacial score (nSPS) is 11.2. The summed E-state index contributed by atoms with van der Waals surface area (Å²) < 4.78 is 0. The summed E-state index contributed by atoms with van der Waals surface area (Å²) in [7, 11) is 0. The average molecular weight is 250 g/mol. The number of anilines is 2. The highest BCUT2D eigenvalue weighted by molar-refractivity contribution is 7.09. The Kier molecular flexibility index (Phi) is 3.21. The van der Waals surface area contributed by atoms with Gasteiger partial charge in [-0.3, -0.25) is 5.43 Å². The van der Waals surface area contributed by atoms with Crippen molar-refractivity contribution in [2.24, 2.45) is 5.84 Å². The molecule has 2 aromatic heterocycles. The summed E-state index contributed by atoms with van der Waals surface area (Å²) in [6.07, 6.45) is 3.43. The first-order valence-corrected chi connectivity index (χ1v) is 5.97. The van der Waals surface area contributed by atoms with Crippen LogP contribution in [0, 0.1) is 0 Å². The van der Waals surface area contributed by atoms with Gasteiger partial charge in [-0.15, -0.1) is 11.3 Å². The SMILES string of the molecule is CC(C)(Nc1ccnc(NN)n1)c1nccs1. The van der Waals surface area contributed by atoms with Crippen LogP contribution in [0.2, 0.25) is 0 Å². The molecule has 2 rings (SSSR count). The van der Waals surface area contributed by atoms with Crippen LogP contribution < -0.4 is 16.6 Å². The van der Waals surface area contributed by atoms with E-state index < -0.39 is 0 Å². The number of rotatable bonds is 4. The maximum atomic E-state index is 5.26. The van der Waals surface area contributed by atoms with E-state index in [2.05, 4.69) is 25.7 Å². The molecule has 0 saturated carbocycles. The van der Waals surface area contributed by atoms with Crippen LogP contribution in [-0.4, -0.2) is 15.0 Å². The lowest BCUT2D eigenvalue weighted by atomic mass is 10.1. The zero-order valence-corrected chi connectivity index (χ0v) is 10.5. The second kappa shape index (κ2) is 4.64. The summed E-state index contributed by atoms with van der Waals surface area (Å²) >= 11 is 1.60. The minimum Gasteiger partial charge on any atom is -0.359 e. The van der Waals surface area contributed by atoms with E-state index in [-0.39, 0.29) is 5.54 Å². The van der Waals surface area contributed by atoms with E-state index in [1.54, 1.807) is 29.8 Å². The van der Waals surface area contributed by atoms with Gasteiger partial charge >= 0.3 is 0 Å². The Hall–Kier alpha value is -1.73. The third-order valence-corrected chi connectivity index (χ3v) is 3.29. The number of thiazole rings is 1. The molecule has 90 valence electrons. The van der Waals surface area contributed by atoms with Gasteiger partial charge in [-0.2, -0.15) is 4.98 Å². The van der Waals surface area contributed by atoms with Crippen molar-refractivity contribution in [3.05, 3.63) is 28.8 Å². The average Bonchev–Trinajstić information content (AvgIpc) is 2.83. The van der Waals surface area contributed by atoms with E-state index in [0.717, 1.165) is 5.01 Å². The quantitative estimate of drug-likeness (QED) is 0.564. The van der Waals surface area contributed by atoms with Gasteiger partial charge in [0.05, 0.1) is 5.54 Å². The van der Waals surface area contributed by atoms with Crippen molar-refractivity contribution in [2.75, 3.05) is 10.7 Å². The largest absolute Gasteiger partial charge is 0.359 e. The van der Waals surface area contributed by atoms with E-state index in [4.69, 9.17) is 5.84 Å². The summed E-state index contributed by atoms with van der Waals surface area (Å²) in [6, 6.07) is 1.79. The number of hydrogen-bond donors (Lipinski definition) is 3. The molecule has 0 aliphatic rings. The number of nitrogens with one attached hydrogen (secondary N) is 2. The molecule has 0 aliphatic carbocycles. The first kappa shape index (κ1) is 11.7. The highest BCUT2D eigenvalue weighted by Crippen LogP contribution is 2.26. The van der Waals surface area contributed by atoms with Crippen LogP contribution in [0.5, 0.6) is 0 Å². The molecule has 7 heteroatoms. The Morgan fingerprint density at radius 3 is 2.76 bits per heavy atom. The number of hydrogen-bond acceptors (Lipinski definition) is 7. The topological polar surface area (TPSA) is 88.8 Å². The lowest BCUT2D eigenvalue weighted by molar-refractivity contribution is 0.601. The molecule has 2 heterocycles. The molecule has 0 bridgehead atoms. The molecule has 0 spiro atoms. The minimum atomic E-state index is -0.283. The van der Waals surface area contributed by atoms with Crippen LogP contribution >= 0.6 is 11.3 Å². The van der Waals surface area contributed by atoms with Gasteiger partial charge in [-0.25, -0.2) is 15.8 Å². The van der Waals surface area contributed by atoms with Crippen LogP contribution in [0.3, 0.4) is 0 Å². The summed E-state index contributed by atoms with van der Waals surface area (Å²) in [6.45, 7) is 4.09. The van der Waals surface area contributed by atoms with Gasteiger partial charge in [0.2, 0.25) is 5.95 Å². The summed E-state index contributed by atoms with van der Waals surface area (Å²) in [5.41, 5.74) is 2.13. The smallest absolute Gasteiger partial charge is 0.239 e. The molecular weight excluding hydrogens is 236 g/mol. The Bertz CT molecular complexity index is 481. The van der Waals surface area contributed by atoms with Crippen molar-refractivity contribution in [2.45, 2.75) is 19.4 Å². The molecule has 0 fully saturated rings. The van der Waals surface area contributed by atoms with Crippen LogP contribution in [0.4, 0.5) is 11.8 Å². The fraction of sp³-hybridized carbons (Fsp3) is 0.300. The van der Waals surface area contributed by atoms with Gasteiger partial charge in [0, 0.05) is 17.8 Å². The molecule has 0 saturated heterocycles. The third kappa shape index (κ3) is 2.69. The molecule has 0 unspecified atom stereocenters. The zero-order valence-electron chi connectivity index (χ0n) is 9.64. The predicted molar refractivity (Wildman–Crippen MR) is 68.6 cm³/mol. The van der Waals surface area contributed by atoms with E-state index in [1.165, 1.54) is 0 Å². The molecule has 0 aliphatic heterocycles. The molecule has 4 N–H and O–H groups in total. The van der Waals surface area contributed by atoms with Crippen LogP contribution in [0.25, 0.3) is 0 Å². The van der Waals surface area contributed by atoms with E-state index in [9.17, 15) is 0 Å². The van der Waals surface area contributed by atoms with Gasteiger partial charge in [-0.05, 0) is 19.9 Å². The number of nitrogen functional groups attached to an aromatic ring is 1. The van der Waals surface area contributed by atoms with Crippen molar-refractivity contribution >= 4 is 23.1 Å². The molecule has 6 nitrogen and oxygen atoms in total. The first-order chi connectivity index (χ1) is 8.12. The van der Waals surface area contributed by atoms with Crippen molar-refractivity contribution < 1.29 is 0 Å². The third-order valence-electron chi connectivity index (χ3n) is 2.19. The van der Waals surface area contributed by atoms with Gasteiger partial charge in [0.25, 0.3) is 0 Å². The first-order valence-electron chi connectivity index (χ1n) is 5.09. The maximum Gasteiger partial charge on any atom is 0.239 e. The Morgan fingerprint density at radius 2 is 2.12 bits per heavy atom. The fourth-order valence-corrected chi connectivity index (χ4v) is 2.12. The number of nitrogens with zero attached hydrogens (tertiary/aromatic N) is 3. The van der Waals surface area contributed by atoms with Crippen LogP contribution in [0.15, 0.2) is 23.8 Å². The lowest BCUT2D eigenvalue weighted by Gasteiger charge is -2.24. The molecular formula is C10H14N6S. The van der Waals surface area contributed by atoms with Crippen molar-refractivity contribution in [1.29, 1.82) is 0 Å². The fourth-order valence-electron chi connectivity index (χ4n) is 1.40. The molecule has 0 aromatic carbocycles. The van der Waals surface area contributed by atoms with Gasteiger partial charge in [-0.1, -0.05) is 0 Å². The zero-order chi connectivity index (χ0) is 12.3. The molecule has 0 radical (unpaired) electrons. The minimum absolute atomic E-state index is 0.283. The molecule has 2 aromatic rings. The van der Waals surface area contributed by atoms with Gasteiger partial charge < -0.3 is 5.32 Å². The van der Waals surface area contributed by atoms with Crippen LogP contribution in [0.1, 0.15) is 18.9 Å². The Labute approximate surface area is 103 Å². The standard InChI is InChI=1S/C10H14N6S/c1-10(2,8-12-5-6-17-8)15-7-3-4-13-9(14-7)16-11/h3-6H,11H2,1-2H3,(H2,13,14,15,16). The Balaban J connectivity index is 2.20. The number of hydrazine groups is 1. The number of nitrogens with two attached hydrogens (primary N) is 1. The van der Waals surface area contributed by atoms with E-state index in [0.29, 0.717) is 11.8 Å². The second-order valence-electron chi connectivity index (χ2n) is 4.00. The predicted octanol–water partition coefficient (Wildman–Crippen LogP) is 1.57. The highest BCUT2D eigenvalue weighted by atomic mass is 32.1. The second-order valence-corrected chi connectivity index (χ2v) is 4.89. The molecule has 0 amide bonds. The molecule has 17 heavy (non-hydrogen) atoms. The van der Waals surface area contributed by atoms with Gasteiger partial charge in [0.1, 0.15) is 10.8 Å².